The van der Waals surface area contributed by atoms with Crippen molar-refractivity contribution in [1.82, 2.24) is 15.0 Å². The molecule has 210 valence electrons. The van der Waals surface area contributed by atoms with Crippen LogP contribution in [0.25, 0.3) is 21.8 Å². The molecule has 0 bridgehead atoms. The summed E-state index contributed by atoms with van der Waals surface area (Å²) in [5, 5.41) is 5.38. The number of nitrogen functional groups attached to an aromatic ring is 1. The molecule has 2 aromatic carbocycles. The van der Waals surface area contributed by atoms with Crippen LogP contribution in [0, 0.1) is 5.82 Å². The molecule has 7 nitrogen and oxygen atoms in total. The Hall–Kier alpha value is -4.20. The minimum Gasteiger partial charge on any atom is -0.368 e. The monoisotopic (exact) mass is 580 g/mol. The maximum Gasteiger partial charge on any atom is 0.458 e. The number of benzene rings is 2. The summed E-state index contributed by atoms with van der Waals surface area (Å²) in [5.41, 5.74) is 5.29. The average molecular weight is 581 g/mol. The molecule has 0 saturated heterocycles. The Morgan fingerprint density at radius 2 is 1.60 bits per heavy atom. The van der Waals surface area contributed by atoms with Crippen molar-refractivity contribution in [2.24, 2.45) is 0 Å². The van der Waals surface area contributed by atoms with Gasteiger partial charge in [-0.3, -0.25) is 0 Å². The molecule has 40 heavy (non-hydrogen) atoms. The Labute approximate surface area is 228 Å². The minimum absolute atomic E-state index is 0.0436. The van der Waals surface area contributed by atoms with Crippen molar-refractivity contribution >= 4 is 34.7 Å². The van der Waals surface area contributed by atoms with E-state index in [2.05, 4.69) is 20.6 Å². The highest BCUT2D eigenvalue weighted by Gasteiger charge is 2.58. The average Bonchev–Trinajstić information content (AvgIpc) is 3.31. The predicted molar refractivity (Wildman–Crippen MR) is 141 cm³/mol. The maximum absolute atomic E-state index is 14.7. The quantitative estimate of drug-likeness (QED) is 0.211. The van der Waals surface area contributed by atoms with Crippen molar-refractivity contribution in [2.75, 3.05) is 16.4 Å². The zero-order valence-electron chi connectivity index (χ0n) is 21.2. The highest BCUT2D eigenvalue weighted by molar-refractivity contribution is 7.15. The van der Waals surface area contributed by atoms with E-state index in [1.165, 1.54) is 29.7 Å². The molecule has 0 fully saturated rings. The first-order valence-corrected chi connectivity index (χ1v) is 12.4. The van der Waals surface area contributed by atoms with Crippen LogP contribution in [0.5, 0.6) is 0 Å². The van der Waals surface area contributed by atoms with Crippen molar-refractivity contribution < 1.29 is 31.1 Å². The molecule has 2 amide bonds. The minimum atomic E-state index is -5.77. The molecule has 0 unspecified atom stereocenters. The molecule has 0 radical (unpaired) electrons. The van der Waals surface area contributed by atoms with Gasteiger partial charge in [-0.2, -0.15) is 22.0 Å². The van der Waals surface area contributed by atoms with E-state index in [1.807, 2.05) is 20.8 Å². The summed E-state index contributed by atoms with van der Waals surface area (Å²) in [6, 6.07) is 7.57. The second-order valence-corrected chi connectivity index (χ2v) is 10.7. The summed E-state index contributed by atoms with van der Waals surface area (Å²) in [4.78, 5) is 26.0. The molecule has 0 aliphatic carbocycles. The molecule has 0 aliphatic heterocycles. The van der Waals surface area contributed by atoms with Crippen molar-refractivity contribution in [1.29, 1.82) is 0 Å². The molecule has 0 atom stereocenters. The van der Waals surface area contributed by atoms with Gasteiger partial charge >= 0.3 is 18.1 Å². The zero-order valence-corrected chi connectivity index (χ0v) is 22.0. The highest BCUT2D eigenvalue weighted by atomic mass is 32.1. The summed E-state index contributed by atoms with van der Waals surface area (Å²) in [6.45, 7) is 5.94. The number of alkyl halides is 5. The van der Waals surface area contributed by atoms with E-state index in [1.54, 1.807) is 6.07 Å². The third-order valence-corrected chi connectivity index (χ3v) is 7.05. The molecule has 14 heteroatoms. The fourth-order valence-electron chi connectivity index (χ4n) is 3.49. The standard InChI is InChI=1S/C26H22F6N6OS/c1-24(2,3)21-38-19(17-10-11-34-22(33)36-17)20(40-21)13-4-9-16(27)18(12-13)37-23(39)35-15-7-5-14(6-8-15)25(28,29)26(30,31)32/h4-12H,1-3H3,(H2,33,34,36)(H2,35,37,39). The molecular weight excluding hydrogens is 558 g/mol. The van der Waals surface area contributed by atoms with Crippen LogP contribution < -0.4 is 16.4 Å². The van der Waals surface area contributed by atoms with Gasteiger partial charge in [-0.25, -0.2) is 24.1 Å². The number of halogens is 6. The van der Waals surface area contributed by atoms with E-state index in [-0.39, 0.29) is 22.7 Å². The van der Waals surface area contributed by atoms with Crippen molar-refractivity contribution in [3.8, 4) is 21.8 Å². The molecule has 0 saturated carbocycles. The van der Waals surface area contributed by atoms with Gasteiger partial charge in [0.05, 0.1) is 21.3 Å². The third kappa shape index (κ3) is 6.01. The maximum atomic E-state index is 14.7. The fourth-order valence-corrected chi connectivity index (χ4v) is 4.62. The van der Waals surface area contributed by atoms with Gasteiger partial charge in [0.1, 0.15) is 11.5 Å². The van der Waals surface area contributed by atoms with Crippen LogP contribution in [0.1, 0.15) is 31.3 Å². The molecule has 0 aliphatic rings. The number of nitrogens with zero attached hydrogens (tertiary/aromatic N) is 3. The molecule has 4 aromatic rings. The van der Waals surface area contributed by atoms with Gasteiger partial charge < -0.3 is 16.4 Å². The van der Waals surface area contributed by atoms with Crippen molar-refractivity contribution in [3.63, 3.8) is 0 Å². The first kappa shape index (κ1) is 28.8. The van der Waals surface area contributed by atoms with Crippen LogP contribution in [-0.4, -0.2) is 27.2 Å². The second kappa shape index (κ2) is 10.4. The fraction of sp³-hybridized carbons (Fsp3) is 0.231. The number of anilines is 3. The Morgan fingerprint density at radius 1 is 0.925 bits per heavy atom. The lowest BCUT2D eigenvalue weighted by atomic mass is 9.98. The van der Waals surface area contributed by atoms with E-state index in [0.717, 1.165) is 23.2 Å². The van der Waals surface area contributed by atoms with Gasteiger partial charge in [0.2, 0.25) is 5.95 Å². The number of rotatable bonds is 5. The van der Waals surface area contributed by atoms with Crippen LogP contribution in [0.15, 0.2) is 54.7 Å². The number of nitrogens with one attached hydrogen (secondary N) is 2. The van der Waals surface area contributed by atoms with Crippen LogP contribution in [0.4, 0.5) is 48.5 Å². The SMILES string of the molecule is CC(C)(C)c1nc(-c2ccnc(N)n2)c(-c2ccc(F)c(NC(=O)Nc3ccc(C(F)(F)C(F)(F)F)cc3)c2)s1. The highest BCUT2D eigenvalue weighted by Crippen LogP contribution is 2.44. The number of carbonyl (C=O) groups is 1. The van der Waals surface area contributed by atoms with E-state index in [9.17, 15) is 31.1 Å². The first-order chi connectivity index (χ1) is 18.6. The van der Waals surface area contributed by atoms with Gasteiger partial charge in [0.25, 0.3) is 0 Å². The van der Waals surface area contributed by atoms with E-state index in [0.29, 0.717) is 34.0 Å². The number of hydrogen-bond donors (Lipinski definition) is 3. The number of thiazole rings is 1. The van der Waals surface area contributed by atoms with Crippen LogP contribution in [0.2, 0.25) is 0 Å². The number of amides is 2. The summed E-state index contributed by atoms with van der Waals surface area (Å²) in [6.07, 6.45) is -4.29. The third-order valence-electron chi connectivity index (χ3n) is 5.52. The summed E-state index contributed by atoms with van der Waals surface area (Å²) in [5.74, 6) is -5.79. The predicted octanol–water partition coefficient (Wildman–Crippen LogP) is 7.58. The smallest absolute Gasteiger partial charge is 0.368 e. The lowest BCUT2D eigenvalue weighted by molar-refractivity contribution is -0.289. The Bertz CT molecular complexity index is 1550. The summed E-state index contributed by atoms with van der Waals surface area (Å²) >= 11 is 1.36. The Balaban J connectivity index is 1.60. The Kier molecular flexibility index (Phi) is 7.49. The summed E-state index contributed by atoms with van der Waals surface area (Å²) in [7, 11) is 0. The van der Waals surface area contributed by atoms with Crippen molar-refractivity contribution in [2.45, 2.75) is 38.3 Å². The van der Waals surface area contributed by atoms with E-state index in [4.69, 9.17) is 10.7 Å². The molecule has 2 heterocycles. The number of hydrogen-bond acceptors (Lipinski definition) is 6. The molecule has 0 spiro atoms. The lowest BCUT2D eigenvalue weighted by Gasteiger charge is -2.20. The van der Waals surface area contributed by atoms with E-state index >= 15 is 0 Å². The molecule has 4 N–H and O–H groups in total. The largest absolute Gasteiger partial charge is 0.458 e. The van der Waals surface area contributed by atoms with Gasteiger partial charge in [-0.15, -0.1) is 11.3 Å². The Morgan fingerprint density at radius 3 is 2.20 bits per heavy atom. The molecule has 4 rings (SSSR count). The molecule has 2 aromatic heterocycles. The van der Waals surface area contributed by atoms with Gasteiger partial charge in [0.15, 0.2) is 0 Å². The van der Waals surface area contributed by atoms with Crippen molar-refractivity contribution in [3.05, 3.63) is 71.1 Å². The normalized spacial score (nSPS) is 12.3. The van der Waals surface area contributed by atoms with Gasteiger partial charge in [-0.1, -0.05) is 39.0 Å². The second-order valence-electron chi connectivity index (χ2n) is 9.67. The number of aromatic nitrogens is 3. The van der Waals surface area contributed by atoms with E-state index < -0.39 is 29.5 Å². The molecular formula is C26H22F6N6OS. The van der Waals surface area contributed by atoms with Crippen LogP contribution in [0.3, 0.4) is 0 Å². The van der Waals surface area contributed by atoms with Crippen LogP contribution >= 0.6 is 11.3 Å². The summed E-state index contributed by atoms with van der Waals surface area (Å²) < 4.78 is 79.4. The first-order valence-electron chi connectivity index (χ1n) is 11.6. The van der Waals surface area contributed by atoms with Gasteiger partial charge in [0, 0.05) is 22.9 Å². The number of urea groups is 1. The number of nitrogens with two attached hydrogens (primary N) is 1. The number of carbonyl (C=O) groups excluding carboxylic acids is 1. The lowest BCUT2D eigenvalue weighted by Crippen LogP contribution is -2.33. The topological polar surface area (TPSA) is 106 Å². The van der Waals surface area contributed by atoms with Crippen LogP contribution in [-0.2, 0) is 11.3 Å². The zero-order chi connectivity index (χ0) is 29.5. The van der Waals surface area contributed by atoms with Gasteiger partial charge in [-0.05, 0) is 35.9 Å².